The van der Waals surface area contributed by atoms with E-state index in [1.165, 1.54) is 7.11 Å². The van der Waals surface area contributed by atoms with Crippen molar-refractivity contribution < 1.29 is 14.6 Å². The Labute approximate surface area is 124 Å². The van der Waals surface area contributed by atoms with Gasteiger partial charge in [-0.05, 0) is 25.0 Å². The number of ether oxygens (including phenoxy) is 1. The molecule has 1 saturated carbocycles. The Morgan fingerprint density at radius 1 is 1.45 bits per heavy atom. The van der Waals surface area contributed by atoms with Crippen LogP contribution in [0.2, 0.25) is 0 Å². The maximum Gasteiger partial charge on any atom is 0.255 e. The Balaban J connectivity index is 2.05. The lowest BCUT2D eigenvalue weighted by Crippen LogP contribution is -2.37. The third-order valence-corrected chi connectivity index (χ3v) is 4.60. The Morgan fingerprint density at radius 3 is 2.75 bits per heavy atom. The van der Waals surface area contributed by atoms with Gasteiger partial charge in [0.25, 0.3) is 5.91 Å². The number of nitrogens with one attached hydrogen (secondary N) is 1. The number of halogens is 1. The molecule has 0 saturated heterocycles. The van der Waals surface area contributed by atoms with Gasteiger partial charge in [-0.25, -0.2) is 0 Å². The van der Waals surface area contributed by atoms with E-state index >= 15 is 0 Å². The van der Waals surface area contributed by atoms with E-state index in [0.717, 1.165) is 25.7 Å². The Kier molecular flexibility index (Phi) is 4.76. The van der Waals surface area contributed by atoms with Crippen LogP contribution in [0.5, 0.6) is 11.5 Å². The van der Waals surface area contributed by atoms with Crippen molar-refractivity contribution in [1.29, 1.82) is 0 Å². The fraction of sp³-hybridized carbons (Fsp3) is 0.533. The number of carbonyl (C=O) groups excluding carboxylic acids is 1. The van der Waals surface area contributed by atoms with E-state index in [-0.39, 0.29) is 22.6 Å². The minimum atomic E-state index is -0.294. The van der Waals surface area contributed by atoms with E-state index in [1.54, 1.807) is 18.2 Å². The van der Waals surface area contributed by atoms with Gasteiger partial charge in [-0.2, -0.15) is 0 Å². The average molecular weight is 298 g/mol. The summed E-state index contributed by atoms with van der Waals surface area (Å²) in [5, 5.41) is 12.8. The maximum atomic E-state index is 12.2. The number of amides is 1. The normalized spacial score (nSPS) is 16.9. The summed E-state index contributed by atoms with van der Waals surface area (Å²) in [6.45, 7) is 0.548. The zero-order valence-corrected chi connectivity index (χ0v) is 12.4. The molecule has 1 aliphatic carbocycles. The first-order valence-electron chi connectivity index (χ1n) is 6.82. The molecule has 20 heavy (non-hydrogen) atoms. The number of phenolic OH excluding ortho intramolecular Hbond substituents is 1. The number of para-hydroxylation sites is 1. The van der Waals surface area contributed by atoms with E-state index in [2.05, 4.69) is 5.32 Å². The zero-order valence-electron chi connectivity index (χ0n) is 11.6. The van der Waals surface area contributed by atoms with E-state index in [4.69, 9.17) is 16.3 Å². The predicted molar refractivity (Wildman–Crippen MR) is 78.6 cm³/mol. The molecule has 1 amide bonds. The number of alkyl halides is 1. The second-order valence-corrected chi connectivity index (χ2v) is 5.65. The highest BCUT2D eigenvalue weighted by Gasteiger charge is 2.33. The third kappa shape index (κ3) is 3.01. The van der Waals surface area contributed by atoms with E-state index in [0.29, 0.717) is 18.2 Å². The van der Waals surface area contributed by atoms with Gasteiger partial charge in [-0.1, -0.05) is 18.9 Å². The molecule has 1 aromatic carbocycles. The van der Waals surface area contributed by atoms with Crippen molar-refractivity contribution in [3.05, 3.63) is 23.8 Å². The summed E-state index contributed by atoms with van der Waals surface area (Å²) in [6.07, 6.45) is 4.40. The van der Waals surface area contributed by atoms with Gasteiger partial charge < -0.3 is 15.2 Å². The van der Waals surface area contributed by atoms with Gasteiger partial charge in [0.2, 0.25) is 0 Å². The second-order valence-electron chi connectivity index (χ2n) is 5.38. The van der Waals surface area contributed by atoms with Crippen molar-refractivity contribution in [3.63, 3.8) is 0 Å². The number of hydrogen-bond acceptors (Lipinski definition) is 3. The molecule has 1 aromatic rings. The van der Waals surface area contributed by atoms with Crippen molar-refractivity contribution in [2.45, 2.75) is 25.7 Å². The molecule has 4 nitrogen and oxygen atoms in total. The number of hydrogen-bond donors (Lipinski definition) is 2. The van der Waals surface area contributed by atoms with Crippen LogP contribution in [0.1, 0.15) is 36.0 Å². The van der Waals surface area contributed by atoms with Crippen LogP contribution in [0.15, 0.2) is 18.2 Å². The standard InChI is InChI=1S/C15H20ClNO3/c1-20-12-6-4-5-11(13(12)18)14(19)17-10-15(9-16)7-2-3-8-15/h4-6,18H,2-3,7-10H2,1H3,(H,17,19). The summed E-state index contributed by atoms with van der Waals surface area (Å²) in [4.78, 5) is 12.2. The Morgan fingerprint density at radius 2 is 2.15 bits per heavy atom. The van der Waals surface area contributed by atoms with Crippen molar-refractivity contribution in [3.8, 4) is 11.5 Å². The Hall–Kier alpha value is -1.42. The van der Waals surface area contributed by atoms with Crippen LogP contribution in [0.3, 0.4) is 0 Å². The van der Waals surface area contributed by atoms with Crippen LogP contribution in [0, 0.1) is 5.41 Å². The van der Waals surface area contributed by atoms with Gasteiger partial charge >= 0.3 is 0 Å². The quantitative estimate of drug-likeness (QED) is 0.822. The number of aromatic hydroxyl groups is 1. The first-order chi connectivity index (χ1) is 9.62. The number of carbonyl (C=O) groups is 1. The summed E-state index contributed by atoms with van der Waals surface area (Å²) in [5.41, 5.74) is 0.234. The minimum Gasteiger partial charge on any atom is -0.504 e. The topological polar surface area (TPSA) is 58.6 Å². The highest BCUT2D eigenvalue weighted by atomic mass is 35.5. The molecule has 110 valence electrons. The molecule has 0 radical (unpaired) electrons. The molecule has 0 spiro atoms. The van der Waals surface area contributed by atoms with Gasteiger partial charge in [0.05, 0.1) is 12.7 Å². The van der Waals surface area contributed by atoms with Crippen molar-refractivity contribution in [1.82, 2.24) is 5.32 Å². The second kappa shape index (κ2) is 6.35. The molecule has 0 aromatic heterocycles. The lowest BCUT2D eigenvalue weighted by molar-refractivity contribution is 0.0931. The van der Waals surface area contributed by atoms with Crippen molar-refractivity contribution in [2.24, 2.45) is 5.41 Å². The fourth-order valence-corrected chi connectivity index (χ4v) is 3.08. The lowest BCUT2D eigenvalue weighted by atomic mass is 9.88. The molecule has 0 heterocycles. The molecule has 1 fully saturated rings. The van der Waals surface area contributed by atoms with Gasteiger partial charge in [-0.3, -0.25) is 4.79 Å². The van der Waals surface area contributed by atoms with Crippen LogP contribution in [0.4, 0.5) is 0 Å². The fourth-order valence-electron chi connectivity index (χ4n) is 2.72. The van der Waals surface area contributed by atoms with Gasteiger partial charge in [-0.15, -0.1) is 11.6 Å². The number of phenols is 1. The smallest absolute Gasteiger partial charge is 0.255 e. The molecule has 2 rings (SSSR count). The molecular formula is C15H20ClNO3. The van der Waals surface area contributed by atoms with Crippen LogP contribution in [-0.4, -0.2) is 30.5 Å². The van der Waals surface area contributed by atoms with Gasteiger partial charge in [0.1, 0.15) is 0 Å². The average Bonchev–Trinajstić information content (AvgIpc) is 2.94. The summed E-state index contributed by atoms with van der Waals surface area (Å²) in [7, 11) is 1.46. The number of rotatable bonds is 5. The molecule has 0 unspecified atom stereocenters. The van der Waals surface area contributed by atoms with Crippen LogP contribution < -0.4 is 10.1 Å². The van der Waals surface area contributed by atoms with Crippen molar-refractivity contribution >= 4 is 17.5 Å². The molecule has 0 atom stereocenters. The monoisotopic (exact) mass is 297 g/mol. The summed E-state index contributed by atoms with van der Waals surface area (Å²) in [5.74, 6) is 0.430. The largest absolute Gasteiger partial charge is 0.504 e. The molecular weight excluding hydrogens is 278 g/mol. The van der Waals surface area contributed by atoms with Crippen molar-refractivity contribution in [2.75, 3.05) is 19.5 Å². The first kappa shape index (κ1) is 15.0. The lowest BCUT2D eigenvalue weighted by Gasteiger charge is -2.26. The zero-order chi connectivity index (χ0) is 14.6. The van der Waals surface area contributed by atoms with E-state index in [1.807, 2.05) is 0 Å². The SMILES string of the molecule is COc1cccc(C(=O)NCC2(CCl)CCCC2)c1O. The van der Waals surface area contributed by atoms with Crippen LogP contribution in [0.25, 0.3) is 0 Å². The van der Waals surface area contributed by atoms with Gasteiger partial charge in [0, 0.05) is 17.8 Å². The first-order valence-corrected chi connectivity index (χ1v) is 7.35. The number of methoxy groups -OCH3 is 1. The summed E-state index contributed by atoms with van der Waals surface area (Å²) in [6, 6.07) is 4.87. The van der Waals surface area contributed by atoms with E-state index < -0.39 is 0 Å². The highest BCUT2D eigenvalue weighted by molar-refractivity contribution is 6.18. The summed E-state index contributed by atoms with van der Waals surface area (Å²) < 4.78 is 5.00. The maximum absolute atomic E-state index is 12.2. The minimum absolute atomic E-state index is 0.00566. The molecule has 0 bridgehead atoms. The molecule has 2 N–H and O–H groups in total. The molecule has 5 heteroatoms. The van der Waals surface area contributed by atoms with Gasteiger partial charge in [0.15, 0.2) is 11.5 Å². The van der Waals surface area contributed by atoms with Crippen LogP contribution >= 0.6 is 11.6 Å². The highest BCUT2D eigenvalue weighted by Crippen LogP contribution is 2.38. The molecule has 0 aliphatic heterocycles. The summed E-state index contributed by atoms with van der Waals surface area (Å²) >= 11 is 6.05. The molecule has 1 aliphatic rings. The van der Waals surface area contributed by atoms with E-state index in [9.17, 15) is 9.90 Å². The Bertz CT molecular complexity index is 484. The predicted octanol–water partition coefficient (Wildman–Crippen LogP) is 2.93. The third-order valence-electron chi connectivity index (χ3n) is 4.04. The van der Waals surface area contributed by atoms with Crippen LogP contribution in [-0.2, 0) is 0 Å². The number of benzene rings is 1.